The van der Waals surface area contributed by atoms with E-state index in [4.69, 9.17) is 9.47 Å². The Labute approximate surface area is 163 Å². The zero-order chi connectivity index (χ0) is 20.1. The number of quaternary nitrogens is 1. The number of hydrogen-bond donors (Lipinski definition) is 2. The van der Waals surface area contributed by atoms with Crippen LogP contribution in [0.1, 0.15) is 24.4 Å². The van der Waals surface area contributed by atoms with Gasteiger partial charge in [0.25, 0.3) is 11.6 Å². The van der Waals surface area contributed by atoms with E-state index in [0.29, 0.717) is 5.69 Å². The van der Waals surface area contributed by atoms with Gasteiger partial charge in [-0.1, -0.05) is 6.07 Å². The minimum Gasteiger partial charge on any atom is -0.497 e. The monoisotopic (exact) mass is 386 g/mol. The lowest BCUT2D eigenvalue weighted by molar-refractivity contribution is -0.910. The predicted octanol–water partition coefficient (Wildman–Crippen LogP) is 1.97. The van der Waals surface area contributed by atoms with Gasteiger partial charge in [-0.15, -0.1) is 0 Å². The molecule has 1 fully saturated rings. The summed E-state index contributed by atoms with van der Waals surface area (Å²) < 4.78 is 10.8. The van der Waals surface area contributed by atoms with Crippen LogP contribution in [0.4, 0.5) is 11.4 Å². The molecular formula is C20H24N3O5+. The third kappa shape index (κ3) is 4.40. The maximum atomic E-state index is 12.5. The Balaban J connectivity index is 1.72. The maximum absolute atomic E-state index is 12.5. The number of likely N-dealkylation sites (tertiary alicyclic amines) is 1. The SMILES string of the molecule is COc1ccc(OC)c([C@H]2CCC[NH+]2CC(=O)Nc2cccc([N+](=O)[O-])c2)c1. The van der Waals surface area contributed by atoms with E-state index in [-0.39, 0.29) is 24.2 Å². The molecule has 8 nitrogen and oxygen atoms in total. The lowest BCUT2D eigenvalue weighted by atomic mass is 10.0. The maximum Gasteiger partial charge on any atom is 0.279 e. The molecule has 1 unspecified atom stereocenters. The van der Waals surface area contributed by atoms with E-state index in [9.17, 15) is 14.9 Å². The summed E-state index contributed by atoms with van der Waals surface area (Å²) in [5, 5.41) is 13.7. The fourth-order valence-electron chi connectivity index (χ4n) is 3.72. The summed E-state index contributed by atoms with van der Waals surface area (Å²) in [6.07, 6.45) is 1.95. The first kappa shape index (κ1) is 19.6. The summed E-state index contributed by atoms with van der Waals surface area (Å²) in [6, 6.07) is 11.8. The highest BCUT2D eigenvalue weighted by Crippen LogP contribution is 2.31. The molecule has 2 aromatic rings. The van der Waals surface area contributed by atoms with E-state index in [1.807, 2.05) is 18.2 Å². The Kier molecular flexibility index (Phi) is 6.10. The van der Waals surface area contributed by atoms with Crippen molar-refractivity contribution in [1.82, 2.24) is 0 Å². The molecule has 0 saturated carbocycles. The minimum atomic E-state index is -0.480. The second-order valence-corrected chi connectivity index (χ2v) is 6.74. The van der Waals surface area contributed by atoms with Gasteiger partial charge in [0.2, 0.25) is 0 Å². The molecule has 28 heavy (non-hydrogen) atoms. The van der Waals surface area contributed by atoms with Crippen molar-refractivity contribution in [2.75, 3.05) is 32.6 Å². The van der Waals surface area contributed by atoms with E-state index in [1.165, 1.54) is 12.1 Å². The average Bonchev–Trinajstić information content (AvgIpc) is 3.15. The first-order valence-corrected chi connectivity index (χ1v) is 9.12. The molecule has 0 radical (unpaired) electrons. The minimum absolute atomic E-state index is 0.0506. The van der Waals surface area contributed by atoms with Gasteiger partial charge in [0.15, 0.2) is 6.54 Å². The third-order valence-electron chi connectivity index (χ3n) is 5.02. The van der Waals surface area contributed by atoms with Crippen LogP contribution in [-0.2, 0) is 4.79 Å². The fraction of sp³-hybridized carbons (Fsp3) is 0.350. The van der Waals surface area contributed by atoms with Crippen LogP contribution in [0, 0.1) is 10.1 Å². The molecule has 1 heterocycles. The first-order valence-electron chi connectivity index (χ1n) is 9.12. The average molecular weight is 386 g/mol. The van der Waals surface area contributed by atoms with Gasteiger partial charge in [-0.05, 0) is 24.3 Å². The number of hydrogen-bond acceptors (Lipinski definition) is 5. The quantitative estimate of drug-likeness (QED) is 0.560. The van der Waals surface area contributed by atoms with Gasteiger partial charge < -0.3 is 19.7 Å². The molecule has 1 amide bonds. The highest BCUT2D eigenvalue weighted by Gasteiger charge is 2.34. The Bertz CT molecular complexity index is 871. The number of carbonyl (C=O) groups excluding carboxylic acids is 1. The molecule has 0 aliphatic carbocycles. The number of methoxy groups -OCH3 is 2. The molecule has 8 heteroatoms. The lowest BCUT2D eigenvalue weighted by Crippen LogP contribution is -3.11. The number of anilines is 1. The van der Waals surface area contributed by atoms with Crippen molar-refractivity contribution in [1.29, 1.82) is 0 Å². The van der Waals surface area contributed by atoms with Gasteiger partial charge in [0.1, 0.15) is 17.5 Å². The number of ether oxygens (including phenoxy) is 2. The first-order chi connectivity index (χ1) is 13.5. The molecular weight excluding hydrogens is 362 g/mol. The van der Waals surface area contributed by atoms with E-state index in [1.54, 1.807) is 26.4 Å². The van der Waals surface area contributed by atoms with Crippen molar-refractivity contribution in [2.24, 2.45) is 0 Å². The van der Waals surface area contributed by atoms with Gasteiger partial charge in [-0.25, -0.2) is 0 Å². The van der Waals surface area contributed by atoms with Crippen molar-refractivity contribution in [3.05, 3.63) is 58.1 Å². The predicted molar refractivity (Wildman–Crippen MR) is 104 cm³/mol. The van der Waals surface area contributed by atoms with Crippen molar-refractivity contribution in [3.63, 3.8) is 0 Å². The Morgan fingerprint density at radius 3 is 2.79 bits per heavy atom. The van der Waals surface area contributed by atoms with Gasteiger partial charge in [0.05, 0.1) is 31.3 Å². The van der Waals surface area contributed by atoms with Crippen LogP contribution in [0.3, 0.4) is 0 Å². The van der Waals surface area contributed by atoms with Crippen molar-refractivity contribution < 1.29 is 24.1 Å². The van der Waals surface area contributed by atoms with Gasteiger partial charge in [0, 0.05) is 30.7 Å². The zero-order valence-corrected chi connectivity index (χ0v) is 15.9. The second kappa shape index (κ2) is 8.71. The number of amides is 1. The molecule has 1 aliphatic heterocycles. The lowest BCUT2D eigenvalue weighted by Gasteiger charge is -2.23. The topological polar surface area (TPSA) is 95.1 Å². The number of benzene rings is 2. The van der Waals surface area contributed by atoms with Crippen LogP contribution in [0.2, 0.25) is 0 Å². The molecule has 2 aromatic carbocycles. The van der Waals surface area contributed by atoms with Crippen LogP contribution < -0.4 is 19.7 Å². The normalized spacial score (nSPS) is 18.5. The Morgan fingerprint density at radius 1 is 1.25 bits per heavy atom. The molecule has 0 aromatic heterocycles. The zero-order valence-electron chi connectivity index (χ0n) is 15.9. The number of rotatable bonds is 7. The van der Waals surface area contributed by atoms with Crippen LogP contribution >= 0.6 is 0 Å². The molecule has 0 bridgehead atoms. The fourth-order valence-corrected chi connectivity index (χ4v) is 3.72. The number of nitrogens with one attached hydrogen (secondary N) is 2. The number of non-ortho nitro benzene ring substituents is 1. The highest BCUT2D eigenvalue weighted by atomic mass is 16.6. The van der Waals surface area contributed by atoms with E-state index >= 15 is 0 Å². The summed E-state index contributed by atoms with van der Waals surface area (Å²) >= 11 is 0. The molecule has 2 atom stereocenters. The summed E-state index contributed by atoms with van der Waals surface area (Å²) in [4.78, 5) is 24.1. The number of carbonyl (C=O) groups is 1. The van der Waals surface area contributed by atoms with Crippen LogP contribution in [0.15, 0.2) is 42.5 Å². The summed E-state index contributed by atoms with van der Waals surface area (Å²) in [5.41, 5.74) is 1.40. The Morgan fingerprint density at radius 2 is 2.07 bits per heavy atom. The summed E-state index contributed by atoms with van der Waals surface area (Å²) in [6.45, 7) is 1.14. The third-order valence-corrected chi connectivity index (χ3v) is 5.02. The van der Waals surface area contributed by atoms with E-state index < -0.39 is 4.92 Å². The summed E-state index contributed by atoms with van der Waals surface area (Å²) in [5.74, 6) is 1.36. The number of nitro benzene ring substituents is 1. The molecule has 1 saturated heterocycles. The van der Waals surface area contributed by atoms with Gasteiger partial charge >= 0.3 is 0 Å². The summed E-state index contributed by atoms with van der Waals surface area (Å²) in [7, 11) is 3.26. The van der Waals surface area contributed by atoms with Gasteiger partial charge in [-0.2, -0.15) is 0 Å². The van der Waals surface area contributed by atoms with Crippen LogP contribution in [0.25, 0.3) is 0 Å². The molecule has 3 rings (SSSR count). The number of nitro groups is 1. The standard InChI is InChI=1S/C20H23N3O5/c1-27-16-8-9-19(28-2)17(12-16)18-7-4-10-22(18)13-20(24)21-14-5-3-6-15(11-14)23(25)26/h3,5-6,8-9,11-12,18H,4,7,10,13H2,1-2H3,(H,21,24)/p+1/t18-/m1/s1. The van der Waals surface area contributed by atoms with E-state index in [0.717, 1.165) is 41.3 Å². The molecule has 2 N–H and O–H groups in total. The largest absolute Gasteiger partial charge is 0.497 e. The molecule has 148 valence electrons. The second-order valence-electron chi connectivity index (χ2n) is 6.74. The van der Waals surface area contributed by atoms with Crippen molar-refractivity contribution in [2.45, 2.75) is 18.9 Å². The van der Waals surface area contributed by atoms with E-state index in [2.05, 4.69) is 5.32 Å². The van der Waals surface area contributed by atoms with Crippen LogP contribution in [0.5, 0.6) is 11.5 Å². The smallest absolute Gasteiger partial charge is 0.279 e. The Hall–Kier alpha value is -3.13. The van der Waals surface area contributed by atoms with Crippen molar-refractivity contribution >= 4 is 17.3 Å². The molecule has 0 spiro atoms. The molecule has 1 aliphatic rings. The number of nitrogens with zero attached hydrogens (tertiary/aromatic N) is 1. The van der Waals surface area contributed by atoms with Gasteiger partial charge in [-0.3, -0.25) is 14.9 Å². The van der Waals surface area contributed by atoms with Crippen LogP contribution in [-0.4, -0.2) is 38.1 Å². The van der Waals surface area contributed by atoms with Crippen molar-refractivity contribution in [3.8, 4) is 11.5 Å². The highest BCUT2D eigenvalue weighted by molar-refractivity contribution is 5.91.